The average molecular weight is 373 g/mol. The van der Waals surface area contributed by atoms with Crippen molar-refractivity contribution in [3.05, 3.63) is 11.6 Å². The summed E-state index contributed by atoms with van der Waals surface area (Å²) in [6.07, 6.45) is 8.72. The molecule has 4 heteroatoms. The zero-order chi connectivity index (χ0) is 19.6. The van der Waals surface area contributed by atoms with Gasteiger partial charge in [0.2, 0.25) is 0 Å². The highest BCUT2D eigenvalue weighted by molar-refractivity contribution is 6.04. The Balaban J connectivity index is 1.60. The highest BCUT2D eigenvalue weighted by atomic mass is 16.5. The second-order valence-corrected chi connectivity index (χ2v) is 9.90. The Labute approximate surface area is 162 Å². The highest BCUT2D eigenvalue weighted by Crippen LogP contribution is 2.65. The summed E-state index contributed by atoms with van der Waals surface area (Å²) < 4.78 is 5.52. The molecule has 0 N–H and O–H groups in total. The van der Waals surface area contributed by atoms with Crippen molar-refractivity contribution in [1.82, 2.24) is 0 Å². The third-order valence-electron chi connectivity index (χ3n) is 8.79. The molecule has 0 aliphatic heterocycles. The van der Waals surface area contributed by atoms with E-state index in [0.717, 1.165) is 44.1 Å². The number of Topliss-reactive ketones (excluding diaryl/α,β-unsaturated/α-hetero) is 2. The van der Waals surface area contributed by atoms with Crippen LogP contribution in [0.1, 0.15) is 72.6 Å². The van der Waals surface area contributed by atoms with Crippen LogP contribution in [0.5, 0.6) is 0 Å². The molecule has 0 heterocycles. The molecule has 0 aromatic rings. The molecule has 7 atom stereocenters. The largest absolute Gasteiger partial charge is 0.463 e. The maximum Gasteiger partial charge on any atom is 0.302 e. The lowest BCUT2D eigenvalue weighted by Gasteiger charge is -2.60. The molecule has 0 spiro atoms. The molecule has 0 aromatic heterocycles. The summed E-state index contributed by atoms with van der Waals surface area (Å²) in [6, 6.07) is 0. The normalized spacial score (nSPS) is 46.0. The van der Waals surface area contributed by atoms with E-state index < -0.39 is 5.41 Å². The van der Waals surface area contributed by atoms with Crippen LogP contribution in [0.25, 0.3) is 0 Å². The van der Waals surface area contributed by atoms with Gasteiger partial charge < -0.3 is 4.74 Å². The van der Waals surface area contributed by atoms with Gasteiger partial charge in [0.25, 0.3) is 0 Å². The van der Waals surface area contributed by atoms with Gasteiger partial charge in [-0.1, -0.05) is 13.0 Å². The van der Waals surface area contributed by atoms with Crippen LogP contribution in [-0.2, 0) is 19.1 Å². The van der Waals surface area contributed by atoms with E-state index in [9.17, 15) is 14.4 Å². The van der Waals surface area contributed by atoms with Crippen molar-refractivity contribution in [3.8, 4) is 0 Å². The van der Waals surface area contributed by atoms with Crippen LogP contribution < -0.4 is 0 Å². The molecule has 0 amide bonds. The third kappa shape index (κ3) is 2.66. The molecule has 4 aliphatic rings. The van der Waals surface area contributed by atoms with E-state index in [-0.39, 0.29) is 35.0 Å². The smallest absolute Gasteiger partial charge is 0.302 e. The Kier molecular flexibility index (Phi) is 4.40. The number of hydrogen-bond acceptors (Lipinski definition) is 4. The molecule has 6 unspecified atom stereocenters. The number of carbonyl (C=O) groups is 3. The summed E-state index contributed by atoms with van der Waals surface area (Å²) in [4.78, 5) is 36.9. The molecule has 0 saturated heterocycles. The first kappa shape index (κ1) is 18.9. The van der Waals surface area contributed by atoms with Crippen LogP contribution >= 0.6 is 0 Å². The van der Waals surface area contributed by atoms with Crippen molar-refractivity contribution in [2.75, 3.05) is 0 Å². The van der Waals surface area contributed by atoms with Gasteiger partial charge in [0.05, 0.1) is 5.41 Å². The van der Waals surface area contributed by atoms with E-state index in [1.807, 2.05) is 6.92 Å². The van der Waals surface area contributed by atoms with Gasteiger partial charge in [0.15, 0.2) is 5.78 Å². The van der Waals surface area contributed by atoms with E-state index in [1.165, 1.54) is 6.92 Å². The van der Waals surface area contributed by atoms with Gasteiger partial charge in [-0.2, -0.15) is 0 Å². The summed E-state index contributed by atoms with van der Waals surface area (Å²) >= 11 is 0. The number of hydrogen-bond donors (Lipinski definition) is 0. The zero-order valence-electron chi connectivity index (χ0n) is 17.0. The van der Waals surface area contributed by atoms with Crippen molar-refractivity contribution < 1.29 is 19.1 Å². The molecule has 4 rings (SSSR count). The molecule has 3 saturated carbocycles. The second kappa shape index (κ2) is 6.28. The van der Waals surface area contributed by atoms with E-state index >= 15 is 0 Å². The van der Waals surface area contributed by atoms with Gasteiger partial charge >= 0.3 is 5.97 Å². The minimum absolute atomic E-state index is 0.0409. The fourth-order valence-electron chi connectivity index (χ4n) is 7.38. The maximum absolute atomic E-state index is 13.3. The minimum atomic E-state index is -0.564. The molecule has 148 valence electrons. The van der Waals surface area contributed by atoms with Crippen LogP contribution in [-0.4, -0.2) is 23.6 Å². The van der Waals surface area contributed by atoms with Crippen molar-refractivity contribution in [3.63, 3.8) is 0 Å². The van der Waals surface area contributed by atoms with Crippen LogP contribution in [0.15, 0.2) is 11.6 Å². The highest BCUT2D eigenvalue weighted by Gasteiger charge is 2.62. The number of ketones is 2. The number of esters is 1. The average Bonchev–Trinajstić information content (AvgIpc) is 2.95. The number of carbonyl (C=O) groups excluding carboxylic acids is 3. The molecule has 4 nitrogen and oxygen atoms in total. The Bertz CT molecular complexity index is 722. The Morgan fingerprint density at radius 2 is 1.85 bits per heavy atom. The molecule has 0 bridgehead atoms. The second-order valence-electron chi connectivity index (χ2n) is 9.90. The summed E-state index contributed by atoms with van der Waals surface area (Å²) in [5.41, 5.74) is 0.350. The predicted octanol–water partition coefficient (Wildman–Crippen LogP) is 4.27. The Morgan fingerprint density at radius 1 is 1.11 bits per heavy atom. The van der Waals surface area contributed by atoms with E-state index in [2.05, 4.69) is 13.0 Å². The van der Waals surface area contributed by atoms with Gasteiger partial charge in [0, 0.05) is 18.9 Å². The summed E-state index contributed by atoms with van der Waals surface area (Å²) in [7, 11) is 0. The monoisotopic (exact) mass is 372 g/mol. The fourth-order valence-corrected chi connectivity index (χ4v) is 7.38. The van der Waals surface area contributed by atoms with Crippen LogP contribution in [0.3, 0.4) is 0 Å². The lowest BCUT2D eigenvalue weighted by atomic mass is 9.44. The SMILES string of the molecule is CC(=O)OC1CCC2(C)C3CC(=O)C4(C)C(C(C)=O)=CCC4C3CC[C@H]2C1. The molecule has 3 fully saturated rings. The topological polar surface area (TPSA) is 60.4 Å². The molecule has 0 radical (unpaired) electrons. The van der Waals surface area contributed by atoms with E-state index in [1.54, 1.807) is 6.92 Å². The van der Waals surface area contributed by atoms with Gasteiger partial charge in [-0.15, -0.1) is 0 Å². The first-order valence-corrected chi connectivity index (χ1v) is 10.6. The lowest BCUT2D eigenvalue weighted by Crippen LogP contribution is -2.57. The maximum atomic E-state index is 13.3. The van der Waals surface area contributed by atoms with Gasteiger partial charge in [-0.3, -0.25) is 14.4 Å². The van der Waals surface area contributed by atoms with Crippen LogP contribution in [0.2, 0.25) is 0 Å². The first-order chi connectivity index (χ1) is 12.7. The first-order valence-electron chi connectivity index (χ1n) is 10.6. The summed E-state index contributed by atoms with van der Waals surface area (Å²) in [5.74, 6) is 1.88. The fraction of sp³-hybridized carbons (Fsp3) is 0.783. The summed E-state index contributed by atoms with van der Waals surface area (Å²) in [6.45, 7) is 7.50. The lowest BCUT2D eigenvalue weighted by molar-refractivity contribution is -0.163. The van der Waals surface area contributed by atoms with Gasteiger partial charge in [-0.25, -0.2) is 0 Å². The van der Waals surface area contributed by atoms with Gasteiger partial charge in [-0.05, 0) is 81.5 Å². The molecule has 0 aromatic carbocycles. The van der Waals surface area contributed by atoms with Crippen molar-refractivity contribution in [1.29, 1.82) is 0 Å². The minimum Gasteiger partial charge on any atom is -0.463 e. The quantitative estimate of drug-likeness (QED) is 0.679. The molecule has 4 aliphatic carbocycles. The number of ether oxygens (including phenoxy) is 1. The predicted molar refractivity (Wildman–Crippen MR) is 102 cm³/mol. The van der Waals surface area contributed by atoms with Crippen molar-refractivity contribution in [2.45, 2.75) is 78.7 Å². The van der Waals surface area contributed by atoms with Crippen LogP contribution in [0.4, 0.5) is 0 Å². The van der Waals surface area contributed by atoms with E-state index in [0.29, 0.717) is 24.2 Å². The number of rotatable bonds is 2. The number of fused-ring (bicyclic) bond motifs is 5. The van der Waals surface area contributed by atoms with Gasteiger partial charge in [0.1, 0.15) is 11.9 Å². The zero-order valence-corrected chi connectivity index (χ0v) is 17.0. The number of allylic oxidation sites excluding steroid dienone is 2. The van der Waals surface area contributed by atoms with Crippen LogP contribution in [0, 0.1) is 34.5 Å². The van der Waals surface area contributed by atoms with E-state index in [4.69, 9.17) is 4.74 Å². The molecule has 27 heavy (non-hydrogen) atoms. The standard InChI is InChI=1S/C23H32O4/c1-13(24)18-7-8-19-17-6-5-15-11-16(27-14(2)25)9-10-22(15,3)20(17)12-21(26)23(18,19)4/h7,15-17,19-20H,5-6,8-12H2,1-4H3/t15-,16?,17?,19?,20?,22?,23?/m0/s1. The summed E-state index contributed by atoms with van der Waals surface area (Å²) in [5, 5.41) is 0. The Morgan fingerprint density at radius 3 is 2.52 bits per heavy atom. The molecular weight excluding hydrogens is 340 g/mol. The Hall–Kier alpha value is -1.45. The van der Waals surface area contributed by atoms with Crippen molar-refractivity contribution >= 4 is 17.5 Å². The molecular formula is C23H32O4. The third-order valence-corrected chi connectivity index (χ3v) is 8.79. The van der Waals surface area contributed by atoms with Crippen molar-refractivity contribution in [2.24, 2.45) is 34.5 Å².